The van der Waals surface area contributed by atoms with Crippen LogP contribution in [0.15, 0.2) is 18.2 Å². The fourth-order valence-electron chi connectivity index (χ4n) is 2.74. The Balaban J connectivity index is 2.28. The normalized spacial score (nSPS) is 24.4. The highest BCUT2D eigenvalue weighted by Gasteiger charge is 2.22. The molecule has 3 heteroatoms. The molecule has 2 atom stereocenters. The molecule has 0 bridgehead atoms. The van der Waals surface area contributed by atoms with Crippen LogP contribution in [0.4, 0.5) is 0 Å². The lowest BCUT2D eigenvalue weighted by atomic mass is 9.91. The second-order valence-electron chi connectivity index (χ2n) is 4.92. The van der Waals surface area contributed by atoms with E-state index >= 15 is 0 Å². The van der Waals surface area contributed by atoms with Crippen molar-refractivity contribution in [1.82, 2.24) is 0 Å². The van der Waals surface area contributed by atoms with Crippen LogP contribution < -0.4 is 9.47 Å². The van der Waals surface area contributed by atoms with Crippen molar-refractivity contribution in [1.29, 1.82) is 0 Å². The Bertz CT molecular complexity index is 392. The van der Waals surface area contributed by atoms with E-state index in [1.54, 1.807) is 14.2 Å². The van der Waals surface area contributed by atoms with Gasteiger partial charge >= 0.3 is 0 Å². The number of rotatable bonds is 3. The number of hydrogen-bond donors (Lipinski definition) is 0. The van der Waals surface area contributed by atoms with Gasteiger partial charge in [0.05, 0.1) is 14.2 Å². The minimum Gasteiger partial charge on any atom is -0.497 e. The van der Waals surface area contributed by atoms with Gasteiger partial charge in [0.25, 0.3) is 0 Å². The number of benzene rings is 1. The van der Waals surface area contributed by atoms with E-state index in [4.69, 9.17) is 9.47 Å². The molecular formula is C15H21BrO2. The summed E-state index contributed by atoms with van der Waals surface area (Å²) in [4.78, 5) is 0.626. The van der Waals surface area contributed by atoms with Crippen molar-refractivity contribution in [3.63, 3.8) is 0 Å². The van der Waals surface area contributed by atoms with E-state index in [9.17, 15) is 0 Å². The van der Waals surface area contributed by atoms with E-state index in [0.717, 1.165) is 11.5 Å². The van der Waals surface area contributed by atoms with Gasteiger partial charge in [-0.05, 0) is 43.4 Å². The zero-order chi connectivity index (χ0) is 13.0. The number of ether oxygens (including phenoxy) is 2. The molecule has 1 aromatic carbocycles. The number of halogens is 1. The summed E-state index contributed by atoms with van der Waals surface area (Å²) in [6.07, 6.45) is 6.32. The van der Waals surface area contributed by atoms with Crippen LogP contribution in [0.3, 0.4) is 0 Å². The van der Waals surface area contributed by atoms with Crippen LogP contribution in [-0.2, 0) is 0 Å². The van der Waals surface area contributed by atoms with Crippen molar-refractivity contribution >= 4 is 15.9 Å². The van der Waals surface area contributed by atoms with Crippen molar-refractivity contribution < 1.29 is 9.47 Å². The molecule has 0 N–H and O–H groups in total. The topological polar surface area (TPSA) is 18.5 Å². The average Bonchev–Trinajstić information content (AvgIpc) is 2.62. The lowest BCUT2D eigenvalue weighted by molar-refractivity contribution is 0.392. The maximum atomic E-state index is 5.50. The van der Waals surface area contributed by atoms with E-state index < -0.39 is 0 Å². The maximum Gasteiger partial charge on any atom is 0.122 e. The molecule has 2 unspecified atom stereocenters. The molecule has 0 heterocycles. The Labute approximate surface area is 118 Å². The summed E-state index contributed by atoms with van der Waals surface area (Å²) in [5.41, 5.74) is 1.29. The largest absolute Gasteiger partial charge is 0.497 e. The molecule has 0 radical (unpaired) electrons. The lowest BCUT2D eigenvalue weighted by Crippen LogP contribution is -2.06. The van der Waals surface area contributed by atoms with Crippen LogP contribution in [0.2, 0.25) is 0 Å². The van der Waals surface area contributed by atoms with Gasteiger partial charge in [-0.2, -0.15) is 0 Å². The van der Waals surface area contributed by atoms with E-state index in [1.165, 1.54) is 37.7 Å². The molecular weight excluding hydrogens is 292 g/mol. The number of methoxy groups -OCH3 is 2. The maximum absolute atomic E-state index is 5.50. The minimum atomic E-state index is 0.571. The van der Waals surface area contributed by atoms with Gasteiger partial charge in [-0.3, -0.25) is 0 Å². The van der Waals surface area contributed by atoms with Crippen molar-refractivity contribution in [3.05, 3.63) is 23.8 Å². The molecule has 0 amide bonds. The summed E-state index contributed by atoms with van der Waals surface area (Å²) in [5, 5.41) is 0. The van der Waals surface area contributed by atoms with Gasteiger partial charge in [0.15, 0.2) is 0 Å². The second-order valence-corrected chi connectivity index (χ2v) is 6.22. The molecule has 2 nitrogen and oxygen atoms in total. The summed E-state index contributed by atoms with van der Waals surface area (Å²) >= 11 is 3.79. The Morgan fingerprint density at radius 3 is 2.61 bits per heavy atom. The van der Waals surface area contributed by atoms with Crippen molar-refractivity contribution in [3.8, 4) is 11.5 Å². The van der Waals surface area contributed by atoms with Gasteiger partial charge in [0, 0.05) is 10.4 Å². The number of hydrogen-bond acceptors (Lipinski definition) is 2. The molecule has 1 fully saturated rings. The first kappa shape index (κ1) is 13.7. The van der Waals surface area contributed by atoms with E-state index in [2.05, 4.69) is 22.0 Å². The standard InChI is InChI=1S/C15H21BrO2/c1-17-13-7-8-15(18-2)14(10-13)11-5-3-4-6-12(16)9-11/h7-8,10-12H,3-6,9H2,1-2H3. The third-order valence-electron chi connectivity index (χ3n) is 3.74. The molecule has 18 heavy (non-hydrogen) atoms. The predicted molar refractivity (Wildman–Crippen MR) is 78.1 cm³/mol. The smallest absolute Gasteiger partial charge is 0.122 e. The molecule has 1 aliphatic carbocycles. The van der Waals surface area contributed by atoms with E-state index in [1.807, 2.05) is 12.1 Å². The molecule has 1 saturated carbocycles. The Hall–Kier alpha value is -0.700. The first-order chi connectivity index (χ1) is 8.74. The fourth-order valence-corrected chi connectivity index (χ4v) is 3.52. The molecule has 0 spiro atoms. The SMILES string of the molecule is COc1ccc(OC)c(C2CCCCC(Br)C2)c1. The summed E-state index contributed by atoms with van der Waals surface area (Å²) in [5.74, 6) is 2.48. The zero-order valence-corrected chi connectivity index (χ0v) is 12.7. The molecule has 100 valence electrons. The predicted octanol–water partition coefficient (Wildman–Crippen LogP) is 4.52. The highest BCUT2D eigenvalue weighted by molar-refractivity contribution is 9.09. The van der Waals surface area contributed by atoms with Gasteiger partial charge < -0.3 is 9.47 Å². The van der Waals surface area contributed by atoms with Gasteiger partial charge in [-0.25, -0.2) is 0 Å². The molecule has 0 saturated heterocycles. The molecule has 0 aromatic heterocycles. The van der Waals surface area contributed by atoms with Crippen molar-refractivity contribution in [2.45, 2.75) is 42.8 Å². The average molecular weight is 313 g/mol. The highest BCUT2D eigenvalue weighted by atomic mass is 79.9. The first-order valence-electron chi connectivity index (χ1n) is 6.60. The summed E-state index contributed by atoms with van der Waals surface area (Å²) in [6, 6.07) is 6.11. The first-order valence-corrected chi connectivity index (χ1v) is 7.52. The highest BCUT2D eigenvalue weighted by Crippen LogP contribution is 2.40. The van der Waals surface area contributed by atoms with Crippen LogP contribution in [0, 0.1) is 0 Å². The summed E-state index contributed by atoms with van der Waals surface area (Å²) in [7, 11) is 3.46. The van der Waals surface area contributed by atoms with Gasteiger partial charge in [0.1, 0.15) is 11.5 Å². The van der Waals surface area contributed by atoms with Gasteiger partial charge in [-0.15, -0.1) is 0 Å². The van der Waals surface area contributed by atoms with Crippen LogP contribution in [0.1, 0.15) is 43.6 Å². The van der Waals surface area contributed by atoms with Crippen LogP contribution in [0.5, 0.6) is 11.5 Å². The lowest BCUT2D eigenvalue weighted by Gasteiger charge is -2.20. The molecule has 1 aromatic rings. The summed E-state index contributed by atoms with van der Waals surface area (Å²) in [6.45, 7) is 0. The second kappa shape index (κ2) is 6.46. The van der Waals surface area contributed by atoms with Crippen molar-refractivity contribution in [2.24, 2.45) is 0 Å². The third-order valence-corrected chi connectivity index (χ3v) is 4.57. The Morgan fingerprint density at radius 1 is 1.11 bits per heavy atom. The fraction of sp³-hybridized carbons (Fsp3) is 0.600. The van der Waals surface area contributed by atoms with Crippen LogP contribution in [0.25, 0.3) is 0 Å². The van der Waals surface area contributed by atoms with Crippen molar-refractivity contribution in [2.75, 3.05) is 14.2 Å². The van der Waals surface area contributed by atoms with E-state index in [0.29, 0.717) is 10.7 Å². The summed E-state index contributed by atoms with van der Waals surface area (Å²) < 4.78 is 10.8. The third kappa shape index (κ3) is 3.19. The molecule has 2 rings (SSSR count). The molecule has 1 aliphatic rings. The van der Waals surface area contributed by atoms with Gasteiger partial charge in [0.2, 0.25) is 0 Å². The minimum absolute atomic E-state index is 0.571. The quantitative estimate of drug-likeness (QED) is 0.603. The van der Waals surface area contributed by atoms with Crippen LogP contribution >= 0.6 is 15.9 Å². The Morgan fingerprint density at radius 2 is 1.89 bits per heavy atom. The monoisotopic (exact) mass is 312 g/mol. The molecule has 0 aliphatic heterocycles. The Kier molecular flexibility index (Phi) is 4.93. The van der Waals surface area contributed by atoms with Crippen LogP contribution in [-0.4, -0.2) is 19.0 Å². The van der Waals surface area contributed by atoms with E-state index in [-0.39, 0.29) is 0 Å². The van der Waals surface area contributed by atoms with Gasteiger partial charge in [-0.1, -0.05) is 28.8 Å². The zero-order valence-electron chi connectivity index (χ0n) is 11.1. The number of alkyl halides is 1.